The Bertz CT molecular complexity index is 623. The highest BCUT2D eigenvalue weighted by Gasteiger charge is 2.29. The zero-order chi connectivity index (χ0) is 17.0. The summed E-state index contributed by atoms with van der Waals surface area (Å²) < 4.78 is 0. The van der Waals surface area contributed by atoms with Crippen LogP contribution in [0, 0.1) is 5.92 Å². The van der Waals surface area contributed by atoms with Crippen molar-refractivity contribution in [1.82, 2.24) is 4.90 Å². The van der Waals surface area contributed by atoms with Crippen LogP contribution in [0.25, 0.3) is 0 Å². The zero-order valence-corrected chi connectivity index (χ0v) is 14.7. The highest BCUT2D eigenvalue weighted by Crippen LogP contribution is 2.40. The minimum atomic E-state index is -0.148. The molecule has 0 unspecified atom stereocenters. The van der Waals surface area contributed by atoms with E-state index in [-0.39, 0.29) is 11.8 Å². The summed E-state index contributed by atoms with van der Waals surface area (Å²) in [6.07, 6.45) is 6.36. The van der Waals surface area contributed by atoms with Gasteiger partial charge in [-0.1, -0.05) is 19.1 Å². The van der Waals surface area contributed by atoms with Gasteiger partial charge in [0.25, 0.3) is 5.91 Å². The van der Waals surface area contributed by atoms with E-state index >= 15 is 0 Å². The fraction of sp³-hybridized carbons (Fsp3) is 0.444. The lowest BCUT2D eigenvalue weighted by atomic mass is 9.88. The molecule has 1 aromatic heterocycles. The normalized spacial score (nSPS) is 16.3. The smallest absolute Gasteiger partial charge is 0.257 e. The van der Waals surface area contributed by atoms with E-state index in [0.29, 0.717) is 29.6 Å². The molecule has 1 aliphatic carbocycles. The summed E-state index contributed by atoms with van der Waals surface area (Å²) in [6, 6.07) is 0. The summed E-state index contributed by atoms with van der Waals surface area (Å²) in [5, 5.41) is 3.53. The second-order valence-corrected chi connectivity index (χ2v) is 7.13. The van der Waals surface area contributed by atoms with Gasteiger partial charge < -0.3 is 10.2 Å². The molecule has 2 amide bonds. The second kappa shape index (κ2) is 7.59. The van der Waals surface area contributed by atoms with Crippen LogP contribution in [0.4, 0.5) is 5.00 Å². The molecule has 2 rings (SSSR count). The lowest BCUT2D eigenvalue weighted by Crippen LogP contribution is -2.32. The molecule has 1 atom stereocenters. The number of anilines is 1. The molecule has 4 nitrogen and oxygen atoms in total. The molecule has 0 radical (unpaired) electrons. The summed E-state index contributed by atoms with van der Waals surface area (Å²) in [6.45, 7) is 12.1. The van der Waals surface area contributed by atoms with Gasteiger partial charge in [-0.25, -0.2) is 0 Å². The quantitative estimate of drug-likeness (QED) is 0.809. The lowest BCUT2D eigenvalue weighted by Gasteiger charge is -2.23. The number of carbonyl (C=O) groups excluding carboxylic acids is 2. The number of hydrogen-bond acceptors (Lipinski definition) is 3. The molecule has 0 aliphatic heterocycles. The fourth-order valence-corrected chi connectivity index (χ4v) is 4.38. The Kier molecular flexibility index (Phi) is 5.77. The van der Waals surface area contributed by atoms with Crippen LogP contribution in [0.1, 0.15) is 41.1 Å². The van der Waals surface area contributed by atoms with Gasteiger partial charge in [-0.05, 0) is 30.7 Å². The molecule has 0 saturated carbocycles. The monoisotopic (exact) mass is 332 g/mol. The van der Waals surface area contributed by atoms with Gasteiger partial charge in [0.05, 0.1) is 5.56 Å². The van der Waals surface area contributed by atoms with Crippen molar-refractivity contribution in [2.24, 2.45) is 5.92 Å². The Hall–Kier alpha value is -1.88. The third-order valence-electron chi connectivity index (χ3n) is 4.00. The van der Waals surface area contributed by atoms with Crippen LogP contribution in [-0.2, 0) is 17.6 Å². The van der Waals surface area contributed by atoms with Crippen LogP contribution in [0.15, 0.2) is 25.3 Å². The molecule has 1 heterocycles. The van der Waals surface area contributed by atoms with Crippen LogP contribution < -0.4 is 5.32 Å². The topological polar surface area (TPSA) is 49.4 Å². The van der Waals surface area contributed by atoms with Gasteiger partial charge >= 0.3 is 0 Å². The van der Waals surface area contributed by atoms with Gasteiger partial charge in [-0.2, -0.15) is 0 Å². The molecule has 0 fully saturated rings. The van der Waals surface area contributed by atoms with Gasteiger partial charge in [-0.15, -0.1) is 24.5 Å². The van der Waals surface area contributed by atoms with Crippen molar-refractivity contribution >= 4 is 28.2 Å². The van der Waals surface area contributed by atoms with Crippen molar-refractivity contribution in [3.05, 3.63) is 41.3 Å². The standard InChI is InChI=1S/C18H24N2O2S/c1-5-9-20(10-6-2)18(22)16-14-8-7-12(3)11-15(14)23-17(16)19-13(4)21/h5-6,12H,1-2,7-11H2,3-4H3,(H,19,21)/t12-/m1/s1. The van der Waals surface area contributed by atoms with E-state index < -0.39 is 0 Å². The first-order valence-corrected chi connectivity index (χ1v) is 8.72. The van der Waals surface area contributed by atoms with E-state index in [2.05, 4.69) is 25.4 Å². The van der Waals surface area contributed by atoms with Crippen molar-refractivity contribution in [3.8, 4) is 0 Å². The van der Waals surface area contributed by atoms with Crippen LogP contribution in [-0.4, -0.2) is 29.8 Å². The number of fused-ring (bicyclic) bond motifs is 1. The van der Waals surface area contributed by atoms with Crippen molar-refractivity contribution < 1.29 is 9.59 Å². The first kappa shape index (κ1) is 17.5. The first-order chi connectivity index (χ1) is 11.0. The summed E-state index contributed by atoms with van der Waals surface area (Å²) >= 11 is 1.54. The van der Waals surface area contributed by atoms with Gasteiger partial charge in [-0.3, -0.25) is 9.59 Å². The summed E-state index contributed by atoms with van der Waals surface area (Å²) in [5.41, 5.74) is 1.77. The van der Waals surface area contributed by atoms with Crippen LogP contribution in [0.2, 0.25) is 0 Å². The van der Waals surface area contributed by atoms with E-state index in [1.54, 1.807) is 28.4 Å². The van der Waals surface area contributed by atoms with Gasteiger partial charge in [0.1, 0.15) is 5.00 Å². The van der Waals surface area contributed by atoms with Crippen molar-refractivity contribution in [1.29, 1.82) is 0 Å². The molecule has 0 aromatic carbocycles. The van der Waals surface area contributed by atoms with E-state index in [0.717, 1.165) is 24.8 Å². The number of rotatable bonds is 6. The number of thiophene rings is 1. The summed E-state index contributed by atoms with van der Waals surface area (Å²) in [4.78, 5) is 27.5. The Labute approximate surface area is 141 Å². The molecular weight excluding hydrogens is 308 g/mol. The fourth-order valence-electron chi connectivity index (χ4n) is 2.94. The van der Waals surface area contributed by atoms with Crippen molar-refractivity contribution in [3.63, 3.8) is 0 Å². The summed E-state index contributed by atoms with van der Waals surface area (Å²) in [7, 11) is 0. The molecule has 23 heavy (non-hydrogen) atoms. The van der Waals surface area contributed by atoms with E-state index in [9.17, 15) is 9.59 Å². The van der Waals surface area contributed by atoms with Crippen molar-refractivity contribution in [2.45, 2.75) is 33.1 Å². The van der Waals surface area contributed by atoms with E-state index in [1.165, 1.54) is 11.8 Å². The van der Waals surface area contributed by atoms with E-state index in [4.69, 9.17) is 0 Å². The number of nitrogens with zero attached hydrogens (tertiary/aromatic N) is 1. The van der Waals surface area contributed by atoms with Crippen molar-refractivity contribution in [2.75, 3.05) is 18.4 Å². The van der Waals surface area contributed by atoms with Gasteiger partial charge in [0, 0.05) is 24.9 Å². The maximum atomic E-state index is 13.0. The van der Waals surface area contributed by atoms with Gasteiger partial charge in [0.15, 0.2) is 0 Å². The minimum absolute atomic E-state index is 0.0550. The Morgan fingerprint density at radius 2 is 2.00 bits per heavy atom. The van der Waals surface area contributed by atoms with Crippen LogP contribution in [0.3, 0.4) is 0 Å². The molecule has 0 saturated heterocycles. The highest BCUT2D eigenvalue weighted by atomic mass is 32.1. The molecule has 1 N–H and O–H groups in total. The summed E-state index contributed by atoms with van der Waals surface area (Å²) in [5.74, 6) is 0.414. The number of carbonyl (C=O) groups is 2. The molecule has 5 heteroatoms. The lowest BCUT2D eigenvalue weighted by molar-refractivity contribution is -0.114. The zero-order valence-electron chi connectivity index (χ0n) is 13.9. The Balaban J connectivity index is 2.45. The average molecular weight is 332 g/mol. The Morgan fingerprint density at radius 3 is 2.57 bits per heavy atom. The van der Waals surface area contributed by atoms with Crippen LogP contribution >= 0.6 is 11.3 Å². The average Bonchev–Trinajstić information content (AvgIpc) is 2.82. The molecule has 1 aromatic rings. The van der Waals surface area contributed by atoms with E-state index in [1.807, 2.05) is 0 Å². The minimum Gasteiger partial charge on any atom is -0.331 e. The number of amides is 2. The predicted octanol–water partition coefficient (Wildman–Crippen LogP) is 3.65. The SMILES string of the molecule is C=CCN(CC=C)C(=O)c1c(NC(C)=O)sc2c1CC[C@@H](C)C2. The molecule has 0 bridgehead atoms. The number of nitrogens with one attached hydrogen (secondary N) is 1. The second-order valence-electron chi connectivity index (χ2n) is 6.02. The predicted molar refractivity (Wildman–Crippen MR) is 96.1 cm³/mol. The third kappa shape index (κ3) is 3.91. The third-order valence-corrected chi connectivity index (χ3v) is 5.17. The maximum Gasteiger partial charge on any atom is 0.257 e. The molecule has 1 aliphatic rings. The largest absolute Gasteiger partial charge is 0.331 e. The molecule has 0 spiro atoms. The van der Waals surface area contributed by atoms with Crippen LogP contribution in [0.5, 0.6) is 0 Å². The maximum absolute atomic E-state index is 13.0. The first-order valence-electron chi connectivity index (χ1n) is 7.91. The number of hydrogen-bond donors (Lipinski definition) is 1. The highest BCUT2D eigenvalue weighted by molar-refractivity contribution is 7.17. The molecular formula is C18H24N2O2S. The Morgan fingerprint density at radius 1 is 1.35 bits per heavy atom. The molecule has 124 valence electrons. The van der Waals surface area contributed by atoms with Gasteiger partial charge in [0.2, 0.25) is 5.91 Å².